The molecule has 2 aromatic carbocycles. The van der Waals surface area contributed by atoms with E-state index in [0.29, 0.717) is 33.6 Å². The van der Waals surface area contributed by atoms with E-state index in [4.69, 9.17) is 17.6 Å². The van der Waals surface area contributed by atoms with Crippen molar-refractivity contribution >= 4 is 34.7 Å². The van der Waals surface area contributed by atoms with Gasteiger partial charge in [-0.25, -0.2) is 19.9 Å². The standard InChI is InChI=1S/C24H20N6OS/c1-13-6-5-9-16-18(13)24(31)30(17-10-15(17)14-7-3-2-4-8-14)23(29-16)21(32)19-20-22(27-11-25-19)28-12-26-20/h2-9,11-12,15,17,21,32H,10H2,1H3,(H,25,26,27,28). The Morgan fingerprint density at radius 1 is 1.09 bits per heavy atom. The van der Waals surface area contributed by atoms with E-state index >= 15 is 0 Å². The van der Waals surface area contributed by atoms with Gasteiger partial charge < -0.3 is 4.98 Å². The van der Waals surface area contributed by atoms with Gasteiger partial charge in [0.2, 0.25) is 0 Å². The normalized spacial score (nSPS) is 18.8. The predicted octanol–water partition coefficient (Wildman–Crippen LogP) is 4.12. The van der Waals surface area contributed by atoms with Crippen molar-refractivity contribution in [1.29, 1.82) is 0 Å². The number of H-pyrrole nitrogens is 1. The second-order valence-electron chi connectivity index (χ2n) is 8.20. The molecule has 0 amide bonds. The van der Waals surface area contributed by atoms with E-state index in [1.54, 1.807) is 6.33 Å². The Hall–Kier alpha value is -3.52. The molecule has 3 aromatic heterocycles. The van der Waals surface area contributed by atoms with Crippen molar-refractivity contribution in [3.05, 3.63) is 94.2 Å². The summed E-state index contributed by atoms with van der Waals surface area (Å²) in [4.78, 5) is 34.8. The summed E-state index contributed by atoms with van der Waals surface area (Å²) >= 11 is 4.91. The van der Waals surface area contributed by atoms with Crippen LogP contribution in [0.1, 0.15) is 46.3 Å². The molecule has 3 atom stereocenters. The maximum absolute atomic E-state index is 13.8. The van der Waals surface area contributed by atoms with Crippen LogP contribution in [0.2, 0.25) is 0 Å². The molecule has 158 valence electrons. The fraction of sp³-hybridized carbons (Fsp3) is 0.208. The number of fused-ring (bicyclic) bond motifs is 2. The first-order valence-electron chi connectivity index (χ1n) is 10.5. The number of benzene rings is 2. The van der Waals surface area contributed by atoms with Gasteiger partial charge in [0.15, 0.2) is 5.65 Å². The van der Waals surface area contributed by atoms with Crippen molar-refractivity contribution in [3.8, 4) is 0 Å². The molecule has 0 aliphatic heterocycles. The lowest BCUT2D eigenvalue weighted by Crippen LogP contribution is -2.27. The number of aryl methyl sites for hydroxylation is 1. The molecule has 7 nitrogen and oxygen atoms in total. The summed E-state index contributed by atoms with van der Waals surface area (Å²) in [7, 11) is 0. The molecule has 3 unspecified atom stereocenters. The number of nitrogens with zero attached hydrogens (tertiary/aromatic N) is 5. The molecule has 5 aromatic rings. The molecule has 6 rings (SSSR count). The van der Waals surface area contributed by atoms with Crippen molar-refractivity contribution in [2.75, 3.05) is 0 Å². The zero-order valence-electron chi connectivity index (χ0n) is 17.3. The van der Waals surface area contributed by atoms with Crippen LogP contribution in [-0.4, -0.2) is 29.5 Å². The fourth-order valence-electron chi connectivity index (χ4n) is 4.58. The van der Waals surface area contributed by atoms with Gasteiger partial charge in [-0.1, -0.05) is 42.5 Å². The van der Waals surface area contributed by atoms with Crippen LogP contribution in [0.25, 0.3) is 22.1 Å². The second kappa shape index (κ2) is 7.27. The summed E-state index contributed by atoms with van der Waals surface area (Å²) in [5.74, 6) is 0.864. The fourth-order valence-corrected chi connectivity index (χ4v) is 4.96. The molecule has 0 spiro atoms. The maximum atomic E-state index is 13.8. The maximum Gasteiger partial charge on any atom is 0.261 e. The molecule has 3 heterocycles. The van der Waals surface area contributed by atoms with E-state index in [2.05, 4.69) is 32.1 Å². The second-order valence-corrected chi connectivity index (χ2v) is 8.71. The van der Waals surface area contributed by atoms with E-state index in [9.17, 15) is 4.79 Å². The van der Waals surface area contributed by atoms with Gasteiger partial charge in [0.05, 0.1) is 22.9 Å². The summed E-state index contributed by atoms with van der Waals surface area (Å²) in [5, 5.41) is 0.139. The summed E-state index contributed by atoms with van der Waals surface area (Å²) in [5.41, 5.74) is 4.72. The van der Waals surface area contributed by atoms with Gasteiger partial charge in [0.25, 0.3) is 5.56 Å². The Bertz CT molecular complexity index is 1530. The van der Waals surface area contributed by atoms with Crippen LogP contribution in [0.15, 0.2) is 66.0 Å². The third-order valence-electron chi connectivity index (χ3n) is 6.24. The minimum Gasteiger partial charge on any atom is -0.342 e. The van der Waals surface area contributed by atoms with Gasteiger partial charge in [-0.3, -0.25) is 9.36 Å². The van der Waals surface area contributed by atoms with Crippen LogP contribution >= 0.6 is 12.6 Å². The smallest absolute Gasteiger partial charge is 0.261 e. The lowest BCUT2D eigenvalue weighted by Gasteiger charge is -2.19. The number of aromatic amines is 1. The highest BCUT2D eigenvalue weighted by Crippen LogP contribution is 2.52. The molecule has 32 heavy (non-hydrogen) atoms. The zero-order chi connectivity index (χ0) is 21.8. The average molecular weight is 441 g/mol. The number of imidazole rings is 1. The lowest BCUT2D eigenvalue weighted by molar-refractivity contribution is 0.632. The molecule has 8 heteroatoms. The molecular formula is C24H20N6OS. The van der Waals surface area contributed by atoms with Crippen molar-refractivity contribution in [1.82, 2.24) is 29.5 Å². The first kappa shape index (κ1) is 19.2. The van der Waals surface area contributed by atoms with Crippen LogP contribution in [-0.2, 0) is 0 Å². The quantitative estimate of drug-likeness (QED) is 0.411. The van der Waals surface area contributed by atoms with Crippen LogP contribution < -0.4 is 5.56 Å². The first-order chi connectivity index (χ1) is 15.6. The molecule has 1 aliphatic carbocycles. The number of hydrogen-bond acceptors (Lipinski definition) is 6. The number of hydrogen-bond donors (Lipinski definition) is 2. The van der Waals surface area contributed by atoms with Gasteiger partial charge in [-0.2, -0.15) is 12.6 Å². The van der Waals surface area contributed by atoms with Gasteiger partial charge in [-0.05, 0) is 30.5 Å². The van der Waals surface area contributed by atoms with Gasteiger partial charge in [0, 0.05) is 12.0 Å². The Morgan fingerprint density at radius 2 is 1.94 bits per heavy atom. The summed E-state index contributed by atoms with van der Waals surface area (Å²) in [6.07, 6.45) is 3.94. The monoisotopic (exact) mass is 440 g/mol. The van der Waals surface area contributed by atoms with E-state index in [-0.39, 0.29) is 17.5 Å². The zero-order valence-corrected chi connectivity index (χ0v) is 18.2. The molecule has 1 N–H and O–H groups in total. The van der Waals surface area contributed by atoms with Crippen LogP contribution in [0.3, 0.4) is 0 Å². The van der Waals surface area contributed by atoms with Crippen molar-refractivity contribution in [3.63, 3.8) is 0 Å². The molecule has 0 bridgehead atoms. The highest BCUT2D eigenvalue weighted by molar-refractivity contribution is 7.80. The lowest BCUT2D eigenvalue weighted by atomic mass is 10.1. The molecule has 1 saturated carbocycles. The number of thiol groups is 1. The minimum absolute atomic E-state index is 0.0273. The van der Waals surface area contributed by atoms with Gasteiger partial charge in [-0.15, -0.1) is 0 Å². The molecule has 0 radical (unpaired) electrons. The van der Waals surface area contributed by atoms with Crippen LogP contribution in [0.4, 0.5) is 0 Å². The Labute approximate surface area is 189 Å². The summed E-state index contributed by atoms with van der Waals surface area (Å²) in [6.45, 7) is 1.95. The van der Waals surface area contributed by atoms with Crippen molar-refractivity contribution in [2.24, 2.45) is 0 Å². The van der Waals surface area contributed by atoms with Gasteiger partial charge >= 0.3 is 0 Å². The third kappa shape index (κ3) is 2.94. The third-order valence-corrected chi connectivity index (χ3v) is 6.71. The van der Waals surface area contributed by atoms with E-state index < -0.39 is 5.25 Å². The Morgan fingerprint density at radius 3 is 2.78 bits per heavy atom. The number of aromatic nitrogens is 6. The molecular weight excluding hydrogens is 420 g/mol. The Balaban J connectivity index is 1.57. The number of rotatable bonds is 4. The topological polar surface area (TPSA) is 89.3 Å². The van der Waals surface area contributed by atoms with E-state index in [1.807, 2.05) is 47.9 Å². The van der Waals surface area contributed by atoms with E-state index in [0.717, 1.165) is 12.0 Å². The molecule has 1 fully saturated rings. The predicted molar refractivity (Wildman–Crippen MR) is 126 cm³/mol. The van der Waals surface area contributed by atoms with Crippen molar-refractivity contribution < 1.29 is 0 Å². The van der Waals surface area contributed by atoms with Crippen LogP contribution in [0, 0.1) is 6.92 Å². The highest BCUT2D eigenvalue weighted by atomic mass is 32.1. The number of nitrogens with one attached hydrogen (secondary N) is 1. The Kier molecular flexibility index (Phi) is 4.36. The molecule has 0 saturated heterocycles. The highest BCUT2D eigenvalue weighted by Gasteiger charge is 2.43. The minimum atomic E-state index is -0.518. The van der Waals surface area contributed by atoms with Gasteiger partial charge in [0.1, 0.15) is 22.9 Å². The van der Waals surface area contributed by atoms with Crippen molar-refractivity contribution in [2.45, 2.75) is 30.6 Å². The molecule has 1 aliphatic rings. The summed E-state index contributed by atoms with van der Waals surface area (Å²) < 4.78 is 1.84. The van der Waals surface area contributed by atoms with E-state index in [1.165, 1.54) is 11.9 Å². The average Bonchev–Trinajstić information content (AvgIpc) is 3.45. The SMILES string of the molecule is Cc1cccc2nc(C(S)c3ncnc4nc[nH]c34)n(C3CC3c3ccccc3)c(=O)c12. The first-order valence-corrected chi connectivity index (χ1v) is 11.0. The summed E-state index contributed by atoms with van der Waals surface area (Å²) in [6, 6.07) is 16.1. The largest absolute Gasteiger partial charge is 0.342 e. The van der Waals surface area contributed by atoms with Crippen LogP contribution in [0.5, 0.6) is 0 Å².